The maximum atomic E-state index is 11.8. The Bertz CT molecular complexity index is 378. The van der Waals surface area contributed by atoms with E-state index in [1.807, 2.05) is 0 Å². The second-order valence-corrected chi connectivity index (χ2v) is 6.36. The summed E-state index contributed by atoms with van der Waals surface area (Å²) in [7, 11) is 0. The molecule has 98 valence electrons. The van der Waals surface area contributed by atoms with Gasteiger partial charge in [0.05, 0.1) is 0 Å². The second kappa shape index (κ2) is 4.11. The van der Waals surface area contributed by atoms with Crippen LogP contribution in [0.5, 0.6) is 0 Å². The van der Waals surface area contributed by atoms with Crippen LogP contribution in [0.2, 0.25) is 0 Å². The molecule has 0 aromatic heterocycles. The summed E-state index contributed by atoms with van der Waals surface area (Å²) in [5.74, 6) is 1.01. The van der Waals surface area contributed by atoms with Crippen LogP contribution in [0.25, 0.3) is 0 Å². The van der Waals surface area contributed by atoms with Crippen molar-refractivity contribution in [2.75, 3.05) is 0 Å². The molecule has 0 unspecified atom stereocenters. The van der Waals surface area contributed by atoms with E-state index in [4.69, 9.17) is 5.11 Å². The fraction of sp³-hybridized carbons (Fsp3) is 0.714. The lowest BCUT2D eigenvalue weighted by Gasteiger charge is -2.56. The average Bonchev–Trinajstić information content (AvgIpc) is 2.23. The van der Waals surface area contributed by atoms with Crippen LogP contribution in [0.3, 0.4) is 0 Å². The van der Waals surface area contributed by atoms with Gasteiger partial charge in [-0.2, -0.15) is 0 Å². The van der Waals surface area contributed by atoms with E-state index >= 15 is 0 Å². The van der Waals surface area contributed by atoms with Gasteiger partial charge in [-0.15, -0.1) is 0 Å². The highest BCUT2D eigenvalue weighted by atomic mass is 16.4. The van der Waals surface area contributed by atoms with Gasteiger partial charge >= 0.3 is 5.97 Å². The Labute approximate surface area is 106 Å². The molecule has 0 atom stereocenters. The topological polar surface area (TPSA) is 66.4 Å². The smallest absolute Gasteiger partial charge is 0.328 e. The van der Waals surface area contributed by atoms with Crippen molar-refractivity contribution >= 4 is 11.9 Å². The molecule has 0 aromatic rings. The number of aliphatic carboxylic acids is 1. The predicted octanol–water partition coefficient (Wildman–Crippen LogP) is 1.71. The number of carbonyl (C=O) groups excluding carboxylic acids is 1. The number of amides is 1. The van der Waals surface area contributed by atoms with Crippen LogP contribution in [0.15, 0.2) is 12.2 Å². The highest BCUT2D eigenvalue weighted by Crippen LogP contribution is 2.55. The fourth-order valence-corrected chi connectivity index (χ4v) is 4.71. The van der Waals surface area contributed by atoms with E-state index in [1.54, 1.807) is 0 Å². The summed E-state index contributed by atoms with van der Waals surface area (Å²) >= 11 is 0. The zero-order chi connectivity index (χ0) is 12.8. The number of hydrogen-bond acceptors (Lipinski definition) is 2. The van der Waals surface area contributed by atoms with Crippen LogP contribution < -0.4 is 5.32 Å². The molecule has 0 spiro atoms. The van der Waals surface area contributed by atoms with Crippen LogP contribution in [0.1, 0.15) is 38.5 Å². The molecule has 0 saturated heterocycles. The maximum Gasteiger partial charge on any atom is 0.328 e. The molecule has 4 saturated carbocycles. The highest BCUT2D eigenvalue weighted by Gasteiger charge is 2.51. The van der Waals surface area contributed by atoms with Crippen molar-refractivity contribution in [3.8, 4) is 0 Å². The third-order valence-corrected chi connectivity index (χ3v) is 4.80. The third-order valence-electron chi connectivity index (χ3n) is 4.80. The number of rotatable bonds is 3. The normalized spacial score (nSPS) is 41.2. The standard InChI is InChI=1S/C14H19NO3/c16-12(1-2-13(17)18)15-14-6-9-3-10(7-14)5-11(4-9)8-14/h1-2,9-11H,3-8H2,(H,15,16)(H,17,18)/b2-1-. The zero-order valence-electron chi connectivity index (χ0n) is 10.4. The van der Waals surface area contributed by atoms with Crippen molar-refractivity contribution in [3.63, 3.8) is 0 Å². The zero-order valence-corrected chi connectivity index (χ0v) is 10.4. The number of carboxylic acid groups (broad SMARTS) is 1. The minimum absolute atomic E-state index is 0.0331. The summed E-state index contributed by atoms with van der Waals surface area (Å²) in [6, 6.07) is 0. The van der Waals surface area contributed by atoms with Gasteiger partial charge in [0.1, 0.15) is 0 Å². The number of carbonyl (C=O) groups is 2. The summed E-state index contributed by atoms with van der Waals surface area (Å²) < 4.78 is 0. The molecule has 4 aliphatic carbocycles. The molecule has 0 radical (unpaired) electrons. The van der Waals surface area contributed by atoms with Crippen molar-refractivity contribution < 1.29 is 14.7 Å². The molecule has 4 heteroatoms. The minimum Gasteiger partial charge on any atom is -0.478 e. The van der Waals surface area contributed by atoms with Gasteiger partial charge in [0.15, 0.2) is 0 Å². The molecule has 4 bridgehead atoms. The first-order valence-corrected chi connectivity index (χ1v) is 6.78. The quantitative estimate of drug-likeness (QED) is 0.748. The van der Waals surface area contributed by atoms with E-state index in [2.05, 4.69) is 5.32 Å². The molecule has 4 fully saturated rings. The molecule has 4 nitrogen and oxygen atoms in total. The molecule has 4 rings (SSSR count). The molecular weight excluding hydrogens is 230 g/mol. The third kappa shape index (κ3) is 2.16. The van der Waals surface area contributed by atoms with E-state index < -0.39 is 5.97 Å². The van der Waals surface area contributed by atoms with Gasteiger partial charge in [0.25, 0.3) is 0 Å². The van der Waals surface area contributed by atoms with Gasteiger partial charge in [-0.3, -0.25) is 4.79 Å². The summed E-state index contributed by atoms with van der Waals surface area (Å²) in [6.45, 7) is 0. The van der Waals surface area contributed by atoms with Crippen LogP contribution in [0.4, 0.5) is 0 Å². The molecule has 1 amide bonds. The SMILES string of the molecule is O=C(O)/C=C\C(=O)NC12CC3CC(CC(C3)C1)C2. The van der Waals surface area contributed by atoms with Gasteiger partial charge in [-0.05, 0) is 56.3 Å². The van der Waals surface area contributed by atoms with Crippen molar-refractivity contribution in [2.24, 2.45) is 17.8 Å². The average molecular weight is 249 g/mol. The predicted molar refractivity (Wildman–Crippen MR) is 65.8 cm³/mol. The summed E-state index contributed by atoms with van der Waals surface area (Å²) in [5.41, 5.74) is -0.0331. The van der Waals surface area contributed by atoms with Gasteiger partial charge in [-0.25, -0.2) is 4.79 Å². The van der Waals surface area contributed by atoms with Gasteiger partial charge < -0.3 is 10.4 Å². The number of nitrogens with one attached hydrogen (secondary N) is 1. The lowest BCUT2D eigenvalue weighted by Crippen LogP contribution is -2.59. The van der Waals surface area contributed by atoms with Crippen molar-refractivity contribution in [3.05, 3.63) is 12.2 Å². The van der Waals surface area contributed by atoms with Crippen LogP contribution >= 0.6 is 0 Å². The molecule has 4 aliphatic rings. The maximum absolute atomic E-state index is 11.8. The van der Waals surface area contributed by atoms with Crippen molar-refractivity contribution in [1.29, 1.82) is 0 Å². The fourth-order valence-electron chi connectivity index (χ4n) is 4.71. The number of hydrogen-bond donors (Lipinski definition) is 2. The Morgan fingerprint density at radius 3 is 1.94 bits per heavy atom. The monoisotopic (exact) mass is 249 g/mol. The van der Waals surface area contributed by atoms with E-state index in [1.165, 1.54) is 19.3 Å². The Kier molecular flexibility index (Phi) is 2.68. The molecule has 0 heterocycles. The lowest BCUT2D eigenvalue weighted by atomic mass is 9.53. The van der Waals surface area contributed by atoms with E-state index in [0.717, 1.165) is 49.2 Å². The Morgan fingerprint density at radius 1 is 1.00 bits per heavy atom. The first-order chi connectivity index (χ1) is 8.55. The van der Waals surface area contributed by atoms with Crippen molar-refractivity contribution in [1.82, 2.24) is 5.32 Å². The van der Waals surface area contributed by atoms with Crippen LogP contribution in [-0.2, 0) is 9.59 Å². The van der Waals surface area contributed by atoms with Crippen LogP contribution in [-0.4, -0.2) is 22.5 Å². The van der Waals surface area contributed by atoms with Crippen LogP contribution in [0, 0.1) is 17.8 Å². The lowest BCUT2D eigenvalue weighted by molar-refractivity contribution is -0.132. The summed E-state index contributed by atoms with van der Waals surface area (Å²) in [4.78, 5) is 22.2. The van der Waals surface area contributed by atoms with E-state index in [0.29, 0.717) is 0 Å². The molecule has 2 N–H and O–H groups in total. The van der Waals surface area contributed by atoms with Gasteiger partial charge in [0.2, 0.25) is 5.91 Å². The van der Waals surface area contributed by atoms with E-state index in [-0.39, 0.29) is 11.4 Å². The summed E-state index contributed by atoms with van der Waals surface area (Å²) in [5, 5.41) is 11.6. The Morgan fingerprint density at radius 2 is 1.50 bits per heavy atom. The molecule has 0 aliphatic heterocycles. The second-order valence-electron chi connectivity index (χ2n) is 6.36. The minimum atomic E-state index is -1.07. The first kappa shape index (κ1) is 11.8. The molecular formula is C14H19NO3. The Balaban J connectivity index is 1.68. The number of carboxylic acids is 1. The first-order valence-electron chi connectivity index (χ1n) is 6.78. The van der Waals surface area contributed by atoms with E-state index in [9.17, 15) is 9.59 Å². The highest BCUT2D eigenvalue weighted by molar-refractivity contribution is 5.94. The Hall–Kier alpha value is -1.32. The largest absolute Gasteiger partial charge is 0.478 e. The molecule has 18 heavy (non-hydrogen) atoms. The molecule has 0 aromatic carbocycles. The van der Waals surface area contributed by atoms with Gasteiger partial charge in [0, 0.05) is 17.7 Å². The van der Waals surface area contributed by atoms with Gasteiger partial charge in [-0.1, -0.05) is 0 Å². The summed E-state index contributed by atoms with van der Waals surface area (Å²) in [6.07, 6.45) is 9.32. The van der Waals surface area contributed by atoms with Crippen molar-refractivity contribution in [2.45, 2.75) is 44.1 Å².